The number of carbonyl (C=O) groups is 1. The van der Waals surface area contributed by atoms with E-state index in [2.05, 4.69) is 10.1 Å². The molecule has 0 unspecified atom stereocenters. The van der Waals surface area contributed by atoms with E-state index in [4.69, 9.17) is 0 Å². The summed E-state index contributed by atoms with van der Waals surface area (Å²) in [4.78, 5) is 11.0. The number of rotatable bonds is 3. The molecule has 0 radical (unpaired) electrons. The van der Waals surface area contributed by atoms with E-state index in [-0.39, 0.29) is 17.0 Å². The highest BCUT2D eigenvalue weighted by atomic mass is 32.2. The lowest BCUT2D eigenvalue weighted by Crippen LogP contribution is -2.19. The molecule has 1 aliphatic heterocycles. The van der Waals surface area contributed by atoms with Crippen molar-refractivity contribution in [2.24, 2.45) is 0 Å². The molecule has 0 aliphatic carbocycles. The molecule has 6 heteroatoms. The van der Waals surface area contributed by atoms with Crippen LogP contribution in [0.15, 0.2) is 24.3 Å². The van der Waals surface area contributed by atoms with Crippen molar-refractivity contribution < 1.29 is 18.3 Å². The van der Waals surface area contributed by atoms with E-state index < -0.39 is 6.61 Å². The molecule has 1 aromatic carbocycles. The first kappa shape index (κ1) is 11.2. The number of carbonyl (C=O) groups excluding carboxylic acids is 1. The highest BCUT2D eigenvalue weighted by molar-refractivity contribution is 8.00. The maximum atomic E-state index is 12.1. The van der Waals surface area contributed by atoms with Crippen LogP contribution >= 0.6 is 11.8 Å². The van der Waals surface area contributed by atoms with Gasteiger partial charge in [0.25, 0.3) is 0 Å². The Labute approximate surface area is 95.2 Å². The molecule has 0 saturated carbocycles. The number of ether oxygens (including phenoxy) is 1. The molecule has 86 valence electrons. The van der Waals surface area contributed by atoms with Gasteiger partial charge in [0.15, 0.2) is 0 Å². The largest absolute Gasteiger partial charge is 0.434 e. The number of alkyl halides is 2. The average Bonchev–Trinajstić information content (AvgIpc) is 2.65. The van der Waals surface area contributed by atoms with Crippen LogP contribution in [-0.2, 0) is 4.79 Å². The van der Waals surface area contributed by atoms with Crippen molar-refractivity contribution in [1.29, 1.82) is 0 Å². The van der Waals surface area contributed by atoms with Gasteiger partial charge in [-0.25, -0.2) is 0 Å². The molecular weight excluding hydrogens is 236 g/mol. The zero-order valence-corrected chi connectivity index (χ0v) is 8.97. The van der Waals surface area contributed by atoms with Gasteiger partial charge >= 0.3 is 6.61 Å². The molecule has 1 heterocycles. The monoisotopic (exact) mass is 245 g/mol. The first-order chi connectivity index (χ1) is 7.66. The maximum Gasteiger partial charge on any atom is 0.387 e. The van der Waals surface area contributed by atoms with E-state index in [0.717, 1.165) is 0 Å². The zero-order chi connectivity index (χ0) is 11.5. The van der Waals surface area contributed by atoms with Crippen molar-refractivity contribution in [3.63, 3.8) is 0 Å². The van der Waals surface area contributed by atoms with Gasteiger partial charge in [-0.15, -0.1) is 11.8 Å². The molecular formula is C10H9F2NO2S. The number of nitrogens with one attached hydrogen (secondary N) is 1. The molecule has 16 heavy (non-hydrogen) atoms. The fourth-order valence-electron chi connectivity index (χ4n) is 1.46. The Bertz CT molecular complexity index is 400. The van der Waals surface area contributed by atoms with Gasteiger partial charge < -0.3 is 10.1 Å². The summed E-state index contributed by atoms with van der Waals surface area (Å²) in [6, 6.07) is 6.47. The molecule has 1 N–H and O–H groups in total. The fraction of sp³-hybridized carbons (Fsp3) is 0.300. The smallest absolute Gasteiger partial charge is 0.387 e. The Balaban J connectivity index is 2.22. The van der Waals surface area contributed by atoms with Gasteiger partial charge in [0.2, 0.25) is 5.91 Å². The third kappa shape index (κ3) is 2.44. The lowest BCUT2D eigenvalue weighted by atomic mass is 10.2. The van der Waals surface area contributed by atoms with Crippen LogP contribution in [0.5, 0.6) is 5.75 Å². The molecule has 1 aromatic rings. The SMILES string of the molecule is O=C1CS[C@H](c2ccccc2OC(F)F)N1. The number of hydrogen-bond donors (Lipinski definition) is 1. The number of thioether (sulfide) groups is 1. The van der Waals surface area contributed by atoms with E-state index in [1.807, 2.05) is 0 Å². The van der Waals surface area contributed by atoms with E-state index in [9.17, 15) is 13.6 Å². The summed E-state index contributed by atoms with van der Waals surface area (Å²) in [5.41, 5.74) is 0.568. The van der Waals surface area contributed by atoms with Gasteiger partial charge in [0, 0.05) is 5.56 Å². The second-order valence-electron chi connectivity index (χ2n) is 3.17. The minimum absolute atomic E-state index is 0.0955. The van der Waals surface area contributed by atoms with Crippen molar-refractivity contribution in [2.75, 3.05) is 5.75 Å². The number of halogens is 2. The number of hydrogen-bond acceptors (Lipinski definition) is 3. The Morgan fingerprint density at radius 2 is 2.19 bits per heavy atom. The summed E-state index contributed by atoms with van der Waals surface area (Å²) in [5, 5.41) is 2.38. The summed E-state index contributed by atoms with van der Waals surface area (Å²) in [6.07, 6.45) is 0. The zero-order valence-electron chi connectivity index (χ0n) is 8.15. The van der Waals surface area contributed by atoms with Gasteiger partial charge in [-0.05, 0) is 6.07 Å². The summed E-state index contributed by atoms with van der Waals surface area (Å²) in [6.45, 7) is -2.86. The quantitative estimate of drug-likeness (QED) is 0.886. The van der Waals surface area contributed by atoms with Crippen LogP contribution < -0.4 is 10.1 Å². The highest BCUT2D eigenvalue weighted by Crippen LogP contribution is 2.36. The Kier molecular flexibility index (Phi) is 3.28. The van der Waals surface area contributed by atoms with Crippen molar-refractivity contribution in [2.45, 2.75) is 12.0 Å². The molecule has 1 amide bonds. The van der Waals surface area contributed by atoms with Crippen molar-refractivity contribution in [1.82, 2.24) is 5.32 Å². The minimum atomic E-state index is -2.86. The van der Waals surface area contributed by atoms with Crippen molar-refractivity contribution in [3.05, 3.63) is 29.8 Å². The molecule has 0 bridgehead atoms. The van der Waals surface area contributed by atoms with Crippen LogP contribution in [0.1, 0.15) is 10.9 Å². The summed E-state index contributed by atoms with van der Waals surface area (Å²) in [5.74, 6) is 0.354. The minimum Gasteiger partial charge on any atom is -0.434 e. The van der Waals surface area contributed by atoms with Crippen LogP contribution in [0.3, 0.4) is 0 Å². The summed E-state index contributed by atoms with van der Waals surface area (Å²) >= 11 is 1.36. The van der Waals surface area contributed by atoms with Crippen LogP contribution in [-0.4, -0.2) is 18.3 Å². The van der Waals surface area contributed by atoms with Gasteiger partial charge in [0.05, 0.1) is 5.75 Å². The first-order valence-electron chi connectivity index (χ1n) is 4.61. The van der Waals surface area contributed by atoms with Crippen molar-refractivity contribution >= 4 is 17.7 Å². The second-order valence-corrected chi connectivity index (χ2v) is 4.27. The number of benzene rings is 1. The Morgan fingerprint density at radius 1 is 1.44 bits per heavy atom. The lowest BCUT2D eigenvalue weighted by molar-refractivity contribution is -0.118. The molecule has 3 nitrogen and oxygen atoms in total. The highest BCUT2D eigenvalue weighted by Gasteiger charge is 2.26. The van der Waals surface area contributed by atoms with E-state index in [1.54, 1.807) is 18.2 Å². The molecule has 1 fully saturated rings. The van der Waals surface area contributed by atoms with Gasteiger partial charge in [-0.1, -0.05) is 18.2 Å². The molecule has 1 aliphatic rings. The third-order valence-electron chi connectivity index (χ3n) is 2.09. The normalized spacial score (nSPS) is 19.9. The van der Waals surface area contributed by atoms with Crippen LogP contribution in [0.25, 0.3) is 0 Å². The average molecular weight is 245 g/mol. The van der Waals surface area contributed by atoms with Gasteiger partial charge in [-0.3, -0.25) is 4.79 Å². The van der Waals surface area contributed by atoms with E-state index >= 15 is 0 Å². The topological polar surface area (TPSA) is 38.3 Å². The molecule has 1 saturated heterocycles. The van der Waals surface area contributed by atoms with Crippen molar-refractivity contribution in [3.8, 4) is 5.75 Å². The van der Waals surface area contributed by atoms with Crippen LogP contribution in [0, 0.1) is 0 Å². The maximum absolute atomic E-state index is 12.1. The standard InChI is InChI=1S/C10H9F2NO2S/c11-10(12)15-7-4-2-1-3-6(7)9-13-8(14)5-16-9/h1-4,9-10H,5H2,(H,13,14)/t9-/m1/s1. The van der Waals surface area contributed by atoms with Gasteiger partial charge in [-0.2, -0.15) is 8.78 Å². The predicted molar refractivity (Wildman–Crippen MR) is 56.4 cm³/mol. The molecule has 1 atom stereocenters. The summed E-state index contributed by atoms with van der Waals surface area (Å²) in [7, 11) is 0. The fourth-order valence-corrected chi connectivity index (χ4v) is 2.45. The van der Waals surface area contributed by atoms with E-state index in [1.165, 1.54) is 17.8 Å². The second kappa shape index (κ2) is 4.69. The number of para-hydroxylation sites is 1. The van der Waals surface area contributed by atoms with Gasteiger partial charge in [0.1, 0.15) is 11.1 Å². The van der Waals surface area contributed by atoms with Crippen LogP contribution in [0.4, 0.5) is 8.78 Å². The van der Waals surface area contributed by atoms with Crippen LogP contribution in [0.2, 0.25) is 0 Å². The molecule has 2 rings (SSSR count). The summed E-state index contributed by atoms with van der Waals surface area (Å²) < 4.78 is 28.7. The molecule has 0 aromatic heterocycles. The molecule has 0 spiro atoms. The van der Waals surface area contributed by atoms with E-state index in [0.29, 0.717) is 11.3 Å². The Morgan fingerprint density at radius 3 is 2.81 bits per heavy atom. The third-order valence-corrected chi connectivity index (χ3v) is 3.22. The number of amides is 1. The Hall–Kier alpha value is -1.30. The first-order valence-corrected chi connectivity index (χ1v) is 5.66. The lowest BCUT2D eigenvalue weighted by Gasteiger charge is -2.14. The predicted octanol–water partition coefficient (Wildman–Crippen LogP) is 2.15.